The lowest BCUT2D eigenvalue weighted by Crippen LogP contribution is -2.32. The van der Waals surface area contributed by atoms with Gasteiger partial charge in [-0.2, -0.15) is 0 Å². The monoisotopic (exact) mass is 159 g/mol. The summed E-state index contributed by atoms with van der Waals surface area (Å²) in [5.74, 6) is -2.44. The summed E-state index contributed by atoms with van der Waals surface area (Å²) >= 11 is 0. The molecule has 0 aromatic rings. The third-order valence-corrected chi connectivity index (χ3v) is 3.04. The van der Waals surface area contributed by atoms with E-state index in [0.29, 0.717) is 12.3 Å². The Kier molecular flexibility index (Phi) is 1.66. The van der Waals surface area contributed by atoms with Crippen molar-refractivity contribution in [2.24, 2.45) is 11.8 Å². The molecule has 1 radical (unpaired) electrons. The van der Waals surface area contributed by atoms with E-state index in [1.165, 1.54) is 0 Å². The molecular formula is C9H13F2. The van der Waals surface area contributed by atoms with Crippen molar-refractivity contribution in [3.05, 3.63) is 6.42 Å². The molecule has 0 aliphatic heterocycles. The van der Waals surface area contributed by atoms with Crippen LogP contribution in [0.3, 0.4) is 0 Å². The lowest BCUT2D eigenvalue weighted by atomic mass is 9.74. The van der Waals surface area contributed by atoms with Gasteiger partial charge in [0.15, 0.2) is 0 Å². The predicted molar refractivity (Wildman–Crippen MR) is 39.3 cm³/mol. The first-order valence-electron chi connectivity index (χ1n) is 4.41. The SMILES string of the molecule is FC1(F)CC[CH]C1C1CCC1. The summed E-state index contributed by atoms with van der Waals surface area (Å²) < 4.78 is 26.1. The highest BCUT2D eigenvalue weighted by Crippen LogP contribution is 2.49. The van der Waals surface area contributed by atoms with E-state index in [4.69, 9.17) is 0 Å². The van der Waals surface area contributed by atoms with E-state index in [1.807, 2.05) is 6.42 Å². The fraction of sp³-hybridized carbons (Fsp3) is 0.889. The lowest BCUT2D eigenvalue weighted by Gasteiger charge is -2.34. The van der Waals surface area contributed by atoms with Crippen LogP contribution in [0.25, 0.3) is 0 Å². The van der Waals surface area contributed by atoms with Crippen LogP contribution in [0.15, 0.2) is 0 Å². The Balaban J connectivity index is 2.00. The average molecular weight is 159 g/mol. The third kappa shape index (κ3) is 1.17. The van der Waals surface area contributed by atoms with Crippen molar-refractivity contribution in [2.45, 2.75) is 38.0 Å². The molecule has 0 aromatic carbocycles. The number of hydrogen-bond donors (Lipinski definition) is 0. The van der Waals surface area contributed by atoms with Crippen LogP contribution >= 0.6 is 0 Å². The second-order valence-corrected chi connectivity index (χ2v) is 3.75. The molecule has 63 valence electrons. The van der Waals surface area contributed by atoms with E-state index >= 15 is 0 Å². The minimum Gasteiger partial charge on any atom is -0.207 e. The normalized spacial score (nSPS) is 37.1. The Hall–Kier alpha value is -0.140. The maximum Gasteiger partial charge on any atom is 0.251 e. The Labute approximate surface area is 66.0 Å². The van der Waals surface area contributed by atoms with Gasteiger partial charge in [0.05, 0.1) is 0 Å². The molecule has 0 aromatic heterocycles. The van der Waals surface area contributed by atoms with E-state index in [0.717, 1.165) is 19.3 Å². The zero-order valence-electron chi connectivity index (χ0n) is 6.52. The maximum absolute atomic E-state index is 13.0. The Morgan fingerprint density at radius 3 is 2.36 bits per heavy atom. The Morgan fingerprint density at radius 2 is 2.00 bits per heavy atom. The molecule has 2 aliphatic carbocycles. The number of hydrogen-bond acceptors (Lipinski definition) is 0. The second-order valence-electron chi connectivity index (χ2n) is 3.75. The van der Waals surface area contributed by atoms with Gasteiger partial charge in [-0.15, -0.1) is 0 Å². The highest BCUT2D eigenvalue weighted by molar-refractivity contribution is 5.00. The van der Waals surface area contributed by atoms with Gasteiger partial charge in [0.2, 0.25) is 0 Å². The van der Waals surface area contributed by atoms with Crippen molar-refractivity contribution in [3.63, 3.8) is 0 Å². The first-order valence-corrected chi connectivity index (χ1v) is 4.41. The van der Waals surface area contributed by atoms with E-state index in [2.05, 4.69) is 0 Å². The van der Waals surface area contributed by atoms with Gasteiger partial charge in [-0.05, 0) is 31.6 Å². The van der Waals surface area contributed by atoms with Crippen molar-refractivity contribution < 1.29 is 8.78 Å². The van der Waals surface area contributed by atoms with E-state index in [1.54, 1.807) is 0 Å². The zero-order valence-corrected chi connectivity index (χ0v) is 6.52. The molecule has 2 heteroatoms. The van der Waals surface area contributed by atoms with Gasteiger partial charge in [-0.3, -0.25) is 0 Å². The smallest absolute Gasteiger partial charge is 0.207 e. The summed E-state index contributed by atoms with van der Waals surface area (Å²) in [6, 6.07) is 0. The van der Waals surface area contributed by atoms with Crippen molar-refractivity contribution in [2.75, 3.05) is 0 Å². The Bertz CT molecular complexity index is 150. The zero-order chi connectivity index (χ0) is 7.90. The molecule has 0 N–H and O–H groups in total. The quantitative estimate of drug-likeness (QED) is 0.551. The fourth-order valence-corrected chi connectivity index (χ4v) is 2.13. The van der Waals surface area contributed by atoms with Gasteiger partial charge in [-0.1, -0.05) is 6.42 Å². The van der Waals surface area contributed by atoms with Crippen LogP contribution < -0.4 is 0 Å². The van der Waals surface area contributed by atoms with Gasteiger partial charge < -0.3 is 0 Å². The molecule has 1 atom stereocenters. The second kappa shape index (κ2) is 2.43. The molecule has 2 aliphatic rings. The minimum atomic E-state index is -2.37. The van der Waals surface area contributed by atoms with Crippen molar-refractivity contribution in [1.29, 1.82) is 0 Å². The molecule has 11 heavy (non-hydrogen) atoms. The summed E-state index contributed by atoms with van der Waals surface area (Å²) in [7, 11) is 0. The van der Waals surface area contributed by atoms with Gasteiger partial charge in [0.25, 0.3) is 5.92 Å². The first-order chi connectivity index (χ1) is 5.20. The summed E-state index contributed by atoms with van der Waals surface area (Å²) in [5.41, 5.74) is 0. The molecule has 0 spiro atoms. The molecule has 0 bridgehead atoms. The summed E-state index contributed by atoms with van der Waals surface area (Å²) in [6.45, 7) is 0. The van der Waals surface area contributed by atoms with Crippen LogP contribution in [0.5, 0.6) is 0 Å². The molecule has 2 rings (SSSR count). The molecule has 0 saturated heterocycles. The standard InChI is InChI=1S/C9H13F2/c10-9(11)6-2-5-8(9)7-3-1-4-7/h5,7-8H,1-4,6H2. The fourth-order valence-electron chi connectivity index (χ4n) is 2.13. The van der Waals surface area contributed by atoms with Crippen LogP contribution in [-0.4, -0.2) is 5.92 Å². The minimum absolute atomic E-state index is 0.0914. The van der Waals surface area contributed by atoms with Crippen molar-refractivity contribution >= 4 is 0 Å². The number of rotatable bonds is 1. The number of halogens is 2. The predicted octanol–water partition coefficient (Wildman–Crippen LogP) is 3.04. The van der Waals surface area contributed by atoms with Gasteiger partial charge in [0, 0.05) is 12.3 Å². The molecule has 2 saturated carbocycles. The van der Waals surface area contributed by atoms with Crippen LogP contribution in [0.4, 0.5) is 8.78 Å². The van der Waals surface area contributed by atoms with Gasteiger partial charge in [0.1, 0.15) is 0 Å². The first kappa shape index (κ1) is 7.51. The molecular weight excluding hydrogens is 146 g/mol. The summed E-state index contributed by atoms with van der Waals surface area (Å²) in [4.78, 5) is 0. The lowest BCUT2D eigenvalue weighted by molar-refractivity contribution is -0.0625. The highest BCUT2D eigenvalue weighted by atomic mass is 19.3. The topological polar surface area (TPSA) is 0 Å². The highest BCUT2D eigenvalue weighted by Gasteiger charge is 2.48. The van der Waals surface area contributed by atoms with Gasteiger partial charge >= 0.3 is 0 Å². The van der Waals surface area contributed by atoms with Crippen LogP contribution in [0, 0.1) is 18.3 Å². The average Bonchev–Trinajstić information content (AvgIpc) is 2.07. The van der Waals surface area contributed by atoms with E-state index in [9.17, 15) is 8.78 Å². The van der Waals surface area contributed by atoms with Crippen LogP contribution in [0.1, 0.15) is 32.1 Å². The maximum atomic E-state index is 13.0. The molecule has 0 heterocycles. The van der Waals surface area contributed by atoms with Crippen molar-refractivity contribution in [1.82, 2.24) is 0 Å². The largest absolute Gasteiger partial charge is 0.251 e. The molecule has 2 fully saturated rings. The summed E-state index contributed by atoms with van der Waals surface area (Å²) in [5, 5.41) is 0. The van der Waals surface area contributed by atoms with E-state index in [-0.39, 0.29) is 12.3 Å². The number of alkyl halides is 2. The van der Waals surface area contributed by atoms with E-state index < -0.39 is 5.92 Å². The third-order valence-electron chi connectivity index (χ3n) is 3.04. The van der Waals surface area contributed by atoms with Crippen LogP contribution in [-0.2, 0) is 0 Å². The molecule has 1 unspecified atom stereocenters. The summed E-state index contributed by atoms with van der Waals surface area (Å²) in [6.07, 6.45) is 5.75. The Morgan fingerprint density at radius 1 is 1.27 bits per heavy atom. The molecule has 0 nitrogen and oxygen atoms in total. The van der Waals surface area contributed by atoms with Crippen LogP contribution in [0.2, 0.25) is 0 Å². The molecule has 0 amide bonds. The van der Waals surface area contributed by atoms with Gasteiger partial charge in [-0.25, -0.2) is 8.78 Å². The van der Waals surface area contributed by atoms with Crippen molar-refractivity contribution in [3.8, 4) is 0 Å².